The zero-order valence-corrected chi connectivity index (χ0v) is 12.0. The zero-order chi connectivity index (χ0) is 15.5. The molecule has 6 nitrogen and oxygen atoms in total. The van der Waals surface area contributed by atoms with Crippen molar-refractivity contribution in [3.05, 3.63) is 49.2 Å². The minimum Gasteiger partial charge on any atom is -0.480 e. The number of rotatable bonds is 6. The van der Waals surface area contributed by atoms with Gasteiger partial charge in [0, 0.05) is 18.1 Å². The normalized spacial score (nSPS) is 11.7. The number of hydrogen-bond acceptors (Lipinski definition) is 4. The summed E-state index contributed by atoms with van der Waals surface area (Å²) in [5, 5.41) is 9.52. The van der Waals surface area contributed by atoms with E-state index in [9.17, 15) is 13.2 Å². The van der Waals surface area contributed by atoms with Crippen molar-refractivity contribution < 1.29 is 18.3 Å². The van der Waals surface area contributed by atoms with E-state index in [0.29, 0.717) is 10.9 Å². The van der Waals surface area contributed by atoms with Crippen LogP contribution < -0.4 is 0 Å². The third-order valence-electron chi connectivity index (χ3n) is 2.86. The number of pyridine rings is 1. The lowest BCUT2D eigenvalue weighted by Crippen LogP contribution is -2.35. The average molecular weight is 306 g/mol. The standard InChI is InChI=1S/C14H14N2O4S/c1-2-8-16(10-14(17)18)21(19,20)12-5-6-13-11(9-12)4-3-7-15-13/h2-7,9H,1,8,10H2,(H,17,18). The first kappa shape index (κ1) is 15.1. The molecule has 0 spiro atoms. The van der Waals surface area contributed by atoms with Crippen molar-refractivity contribution >= 4 is 26.9 Å². The molecule has 1 N–H and O–H groups in total. The number of carbonyl (C=O) groups is 1. The SMILES string of the molecule is C=CCN(CC(=O)O)S(=O)(=O)c1ccc2ncccc2c1. The number of sulfonamides is 1. The third kappa shape index (κ3) is 3.26. The monoisotopic (exact) mass is 306 g/mol. The Morgan fingerprint density at radius 2 is 2.14 bits per heavy atom. The third-order valence-corrected chi connectivity index (χ3v) is 4.66. The first-order chi connectivity index (χ1) is 9.95. The van der Waals surface area contributed by atoms with Crippen LogP contribution in [0.2, 0.25) is 0 Å². The van der Waals surface area contributed by atoms with Gasteiger partial charge in [-0.1, -0.05) is 12.1 Å². The van der Waals surface area contributed by atoms with Gasteiger partial charge in [0.1, 0.15) is 6.54 Å². The lowest BCUT2D eigenvalue weighted by Gasteiger charge is -2.18. The van der Waals surface area contributed by atoms with Crippen molar-refractivity contribution in [3.8, 4) is 0 Å². The van der Waals surface area contributed by atoms with Crippen LogP contribution in [-0.2, 0) is 14.8 Å². The van der Waals surface area contributed by atoms with Crippen LogP contribution in [0.5, 0.6) is 0 Å². The second kappa shape index (κ2) is 6.02. The van der Waals surface area contributed by atoms with Crippen molar-refractivity contribution in [2.45, 2.75) is 4.90 Å². The highest BCUT2D eigenvalue weighted by Crippen LogP contribution is 2.20. The van der Waals surface area contributed by atoms with Gasteiger partial charge in [0.15, 0.2) is 0 Å². The van der Waals surface area contributed by atoms with E-state index in [1.165, 1.54) is 18.2 Å². The van der Waals surface area contributed by atoms with Crippen LogP contribution in [-0.4, -0.2) is 41.9 Å². The van der Waals surface area contributed by atoms with E-state index in [-0.39, 0.29) is 11.4 Å². The highest BCUT2D eigenvalue weighted by atomic mass is 32.2. The van der Waals surface area contributed by atoms with Gasteiger partial charge in [-0.3, -0.25) is 9.78 Å². The maximum Gasteiger partial charge on any atom is 0.318 e. The highest BCUT2D eigenvalue weighted by Gasteiger charge is 2.25. The molecule has 0 saturated heterocycles. The Balaban J connectivity index is 2.47. The van der Waals surface area contributed by atoms with Gasteiger partial charge in [0.25, 0.3) is 0 Å². The topological polar surface area (TPSA) is 87.6 Å². The minimum atomic E-state index is -3.90. The summed E-state index contributed by atoms with van der Waals surface area (Å²) in [7, 11) is -3.90. The Bertz CT molecular complexity index is 786. The first-order valence-electron chi connectivity index (χ1n) is 6.13. The predicted molar refractivity (Wildman–Crippen MR) is 78.3 cm³/mol. The summed E-state index contributed by atoms with van der Waals surface area (Å²) in [5.41, 5.74) is 0.671. The Morgan fingerprint density at radius 3 is 2.81 bits per heavy atom. The van der Waals surface area contributed by atoms with Gasteiger partial charge in [0.2, 0.25) is 10.0 Å². The van der Waals surface area contributed by atoms with Gasteiger partial charge < -0.3 is 5.11 Å². The van der Waals surface area contributed by atoms with Gasteiger partial charge in [-0.15, -0.1) is 6.58 Å². The lowest BCUT2D eigenvalue weighted by atomic mass is 10.2. The summed E-state index contributed by atoms with van der Waals surface area (Å²) in [4.78, 5) is 15.0. The molecule has 0 bridgehead atoms. The average Bonchev–Trinajstić information content (AvgIpc) is 2.46. The smallest absolute Gasteiger partial charge is 0.318 e. The van der Waals surface area contributed by atoms with E-state index in [2.05, 4.69) is 11.6 Å². The largest absolute Gasteiger partial charge is 0.480 e. The van der Waals surface area contributed by atoms with Gasteiger partial charge >= 0.3 is 5.97 Å². The second-order valence-corrected chi connectivity index (χ2v) is 6.28. The number of carboxylic acids is 1. The van der Waals surface area contributed by atoms with E-state index in [1.54, 1.807) is 24.4 Å². The van der Waals surface area contributed by atoms with Crippen LogP contribution in [0.4, 0.5) is 0 Å². The Hall–Kier alpha value is -2.25. The van der Waals surface area contributed by atoms with Crippen molar-refractivity contribution in [1.29, 1.82) is 0 Å². The molecule has 0 saturated carbocycles. The molecule has 2 rings (SSSR count). The van der Waals surface area contributed by atoms with E-state index in [4.69, 9.17) is 5.11 Å². The molecule has 0 aliphatic rings. The van der Waals surface area contributed by atoms with Crippen LogP contribution in [0, 0.1) is 0 Å². The molecule has 0 unspecified atom stereocenters. The van der Waals surface area contributed by atoms with Crippen molar-refractivity contribution in [1.82, 2.24) is 9.29 Å². The molecule has 110 valence electrons. The summed E-state index contributed by atoms with van der Waals surface area (Å²) in [5.74, 6) is -1.22. The Labute approximate surface area is 122 Å². The van der Waals surface area contributed by atoms with Crippen LogP contribution in [0.3, 0.4) is 0 Å². The fourth-order valence-electron chi connectivity index (χ4n) is 1.91. The number of aromatic nitrogens is 1. The highest BCUT2D eigenvalue weighted by molar-refractivity contribution is 7.89. The molecule has 0 aliphatic carbocycles. The Morgan fingerprint density at radius 1 is 1.38 bits per heavy atom. The summed E-state index contributed by atoms with van der Waals surface area (Å²) < 4.78 is 25.9. The zero-order valence-electron chi connectivity index (χ0n) is 11.1. The molecule has 1 aromatic heterocycles. The summed E-state index contributed by atoms with van der Waals surface area (Å²) in [6.07, 6.45) is 2.97. The number of hydrogen-bond donors (Lipinski definition) is 1. The van der Waals surface area contributed by atoms with Gasteiger partial charge in [-0.25, -0.2) is 8.42 Å². The molecule has 0 fully saturated rings. The molecule has 0 atom stereocenters. The number of benzene rings is 1. The van der Waals surface area contributed by atoms with E-state index >= 15 is 0 Å². The van der Waals surface area contributed by atoms with Crippen LogP contribution in [0.1, 0.15) is 0 Å². The number of fused-ring (bicyclic) bond motifs is 1. The lowest BCUT2D eigenvalue weighted by molar-refractivity contribution is -0.137. The van der Waals surface area contributed by atoms with Crippen molar-refractivity contribution in [2.24, 2.45) is 0 Å². The molecule has 7 heteroatoms. The van der Waals surface area contributed by atoms with Crippen molar-refractivity contribution in [2.75, 3.05) is 13.1 Å². The Kier molecular flexibility index (Phi) is 4.35. The van der Waals surface area contributed by atoms with E-state index in [0.717, 1.165) is 4.31 Å². The van der Waals surface area contributed by atoms with E-state index in [1.807, 2.05) is 0 Å². The molecule has 0 aliphatic heterocycles. The van der Waals surface area contributed by atoms with Crippen molar-refractivity contribution in [3.63, 3.8) is 0 Å². The molecule has 0 amide bonds. The number of aliphatic carboxylic acids is 1. The minimum absolute atomic E-state index is 0.0334. The molecular weight excluding hydrogens is 292 g/mol. The molecular formula is C14H14N2O4S. The van der Waals surface area contributed by atoms with Gasteiger partial charge in [0.05, 0.1) is 10.4 Å². The van der Waals surface area contributed by atoms with Gasteiger partial charge in [-0.05, 0) is 24.3 Å². The maximum atomic E-state index is 12.5. The number of nitrogens with zero attached hydrogens (tertiary/aromatic N) is 2. The molecule has 2 aromatic rings. The van der Waals surface area contributed by atoms with Gasteiger partial charge in [-0.2, -0.15) is 4.31 Å². The molecule has 21 heavy (non-hydrogen) atoms. The van der Waals surface area contributed by atoms with Crippen LogP contribution in [0.25, 0.3) is 10.9 Å². The molecule has 1 aromatic carbocycles. The second-order valence-electron chi connectivity index (χ2n) is 4.34. The fraction of sp³-hybridized carbons (Fsp3) is 0.143. The summed E-state index contributed by atoms with van der Waals surface area (Å²) >= 11 is 0. The van der Waals surface area contributed by atoms with E-state index < -0.39 is 22.5 Å². The summed E-state index contributed by atoms with van der Waals surface area (Å²) in [6.45, 7) is 2.77. The first-order valence-corrected chi connectivity index (χ1v) is 7.57. The van der Waals surface area contributed by atoms with Crippen LogP contribution in [0.15, 0.2) is 54.1 Å². The summed E-state index contributed by atoms with van der Waals surface area (Å²) in [6, 6.07) is 7.95. The molecule has 0 radical (unpaired) electrons. The molecule has 1 heterocycles. The fourth-order valence-corrected chi connectivity index (χ4v) is 3.30. The predicted octanol–water partition coefficient (Wildman–Crippen LogP) is 1.50. The number of carboxylic acid groups (broad SMARTS) is 1. The van der Waals surface area contributed by atoms with Crippen LogP contribution >= 0.6 is 0 Å². The quantitative estimate of drug-likeness (QED) is 0.817. The maximum absolute atomic E-state index is 12.5.